The quantitative estimate of drug-likeness (QED) is 0.733. The molecule has 3 rings (SSSR count). The third-order valence-electron chi connectivity index (χ3n) is 4.27. The van der Waals surface area contributed by atoms with E-state index in [0.717, 1.165) is 36.1 Å². The third-order valence-corrected chi connectivity index (χ3v) is 4.27. The van der Waals surface area contributed by atoms with Crippen LogP contribution in [0.25, 0.3) is 0 Å². The van der Waals surface area contributed by atoms with Crippen molar-refractivity contribution in [3.8, 4) is 6.07 Å². The molecule has 1 aliphatic heterocycles. The molecule has 4 nitrogen and oxygen atoms in total. The van der Waals surface area contributed by atoms with Crippen molar-refractivity contribution in [1.82, 2.24) is 4.90 Å². The summed E-state index contributed by atoms with van der Waals surface area (Å²) < 4.78 is 5.52. The van der Waals surface area contributed by atoms with Gasteiger partial charge in [-0.3, -0.25) is 0 Å². The third kappa shape index (κ3) is 2.37. The van der Waals surface area contributed by atoms with Crippen LogP contribution in [0.3, 0.4) is 0 Å². The minimum absolute atomic E-state index is 0.0724. The maximum absolute atomic E-state index is 12.4. The average Bonchev–Trinajstić information content (AvgIpc) is 2.94. The zero-order chi connectivity index (χ0) is 15.2. The lowest BCUT2D eigenvalue weighted by molar-refractivity contribution is 0.0213. The van der Waals surface area contributed by atoms with Crippen molar-refractivity contribution in [3.05, 3.63) is 34.9 Å². The van der Waals surface area contributed by atoms with Crippen LogP contribution < -0.4 is 0 Å². The van der Waals surface area contributed by atoms with E-state index in [1.165, 1.54) is 0 Å². The Morgan fingerprint density at radius 1 is 1.43 bits per heavy atom. The van der Waals surface area contributed by atoms with Gasteiger partial charge in [0, 0.05) is 6.54 Å². The first kappa shape index (κ1) is 13.9. The second-order valence-electron chi connectivity index (χ2n) is 6.86. The Bertz CT molecular complexity index is 625. The highest BCUT2D eigenvalue weighted by Gasteiger charge is 2.45. The van der Waals surface area contributed by atoms with E-state index in [4.69, 9.17) is 4.74 Å². The summed E-state index contributed by atoms with van der Waals surface area (Å²) >= 11 is 0. The molecule has 1 aromatic rings. The van der Waals surface area contributed by atoms with E-state index in [1.54, 1.807) is 0 Å². The summed E-state index contributed by atoms with van der Waals surface area (Å²) in [7, 11) is 0. The summed E-state index contributed by atoms with van der Waals surface area (Å²) in [6, 6.07) is 8.15. The predicted molar refractivity (Wildman–Crippen MR) is 78.6 cm³/mol. The normalized spacial score (nSPS) is 23.4. The number of nitriles is 1. The fourth-order valence-corrected chi connectivity index (χ4v) is 3.49. The maximum atomic E-state index is 12.4. The van der Waals surface area contributed by atoms with Crippen molar-refractivity contribution in [2.24, 2.45) is 5.92 Å². The molecule has 2 aliphatic rings. The Hall–Kier alpha value is -2.02. The molecular formula is C17H20N2O2. The molecule has 2 unspecified atom stereocenters. The first-order valence-electron chi connectivity index (χ1n) is 7.42. The van der Waals surface area contributed by atoms with Gasteiger partial charge < -0.3 is 9.64 Å². The molecule has 21 heavy (non-hydrogen) atoms. The van der Waals surface area contributed by atoms with Crippen LogP contribution in [0.15, 0.2) is 18.2 Å². The number of hydrogen-bond acceptors (Lipinski definition) is 3. The molecule has 0 spiro atoms. The highest BCUT2D eigenvalue weighted by molar-refractivity contribution is 5.70. The number of benzene rings is 1. The number of nitrogens with zero attached hydrogens (tertiary/aromatic N) is 2. The highest BCUT2D eigenvalue weighted by atomic mass is 16.6. The van der Waals surface area contributed by atoms with Crippen LogP contribution in [0.2, 0.25) is 0 Å². The summed E-state index contributed by atoms with van der Waals surface area (Å²) in [6.45, 7) is 6.39. The van der Waals surface area contributed by atoms with Crippen molar-refractivity contribution in [3.63, 3.8) is 0 Å². The molecule has 1 aromatic carbocycles. The van der Waals surface area contributed by atoms with E-state index < -0.39 is 5.60 Å². The number of fused-ring (bicyclic) bond motifs is 3. The van der Waals surface area contributed by atoms with Crippen molar-refractivity contribution in [1.29, 1.82) is 5.26 Å². The van der Waals surface area contributed by atoms with E-state index in [2.05, 4.69) is 6.07 Å². The second kappa shape index (κ2) is 4.77. The van der Waals surface area contributed by atoms with Gasteiger partial charge in [-0.2, -0.15) is 5.26 Å². The molecule has 1 fully saturated rings. The van der Waals surface area contributed by atoms with Gasteiger partial charge in [0.2, 0.25) is 0 Å². The van der Waals surface area contributed by atoms with Gasteiger partial charge in [0.25, 0.3) is 0 Å². The molecule has 0 saturated carbocycles. The van der Waals surface area contributed by atoms with Crippen molar-refractivity contribution in [2.75, 3.05) is 6.54 Å². The van der Waals surface area contributed by atoms with Gasteiger partial charge in [0.05, 0.1) is 17.7 Å². The molecular weight excluding hydrogens is 264 g/mol. The number of amides is 1. The Morgan fingerprint density at radius 3 is 2.86 bits per heavy atom. The predicted octanol–water partition coefficient (Wildman–Crippen LogP) is 3.41. The number of hydrogen-bond donors (Lipinski definition) is 0. The fraction of sp³-hybridized carbons (Fsp3) is 0.529. The molecule has 4 heteroatoms. The largest absolute Gasteiger partial charge is 0.444 e. The van der Waals surface area contributed by atoms with Gasteiger partial charge in [-0.25, -0.2) is 4.79 Å². The molecule has 0 bridgehead atoms. The number of ether oxygens (including phenoxy) is 1. The van der Waals surface area contributed by atoms with Crippen LogP contribution in [-0.4, -0.2) is 23.1 Å². The van der Waals surface area contributed by atoms with Gasteiger partial charge in [-0.15, -0.1) is 0 Å². The van der Waals surface area contributed by atoms with Crippen molar-refractivity contribution < 1.29 is 9.53 Å². The van der Waals surface area contributed by atoms with Gasteiger partial charge >= 0.3 is 6.09 Å². The van der Waals surface area contributed by atoms with Crippen LogP contribution in [0.1, 0.15) is 49.9 Å². The van der Waals surface area contributed by atoms with Gasteiger partial charge in [-0.1, -0.05) is 12.1 Å². The molecule has 1 saturated heterocycles. The maximum Gasteiger partial charge on any atom is 0.410 e. The molecule has 110 valence electrons. The molecule has 2 atom stereocenters. The fourth-order valence-electron chi connectivity index (χ4n) is 3.49. The first-order valence-corrected chi connectivity index (χ1v) is 7.42. The van der Waals surface area contributed by atoms with E-state index in [1.807, 2.05) is 43.9 Å². The van der Waals surface area contributed by atoms with Gasteiger partial charge in [0.1, 0.15) is 5.60 Å². The lowest BCUT2D eigenvalue weighted by atomic mass is 10.0. The Morgan fingerprint density at radius 2 is 2.19 bits per heavy atom. The average molecular weight is 284 g/mol. The zero-order valence-corrected chi connectivity index (χ0v) is 12.7. The van der Waals surface area contributed by atoms with Crippen LogP contribution in [-0.2, 0) is 11.2 Å². The molecule has 0 N–H and O–H groups in total. The monoisotopic (exact) mass is 284 g/mol. The van der Waals surface area contributed by atoms with Crippen molar-refractivity contribution >= 4 is 6.09 Å². The van der Waals surface area contributed by atoms with Gasteiger partial charge in [-0.05, 0) is 56.7 Å². The van der Waals surface area contributed by atoms with Crippen molar-refractivity contribution in [2.45, 2.75) is 45.3 Å². The topological polar surface area (TPSA) is 53.3 Å². The van der Waals surface area contributed by atoms with Crippen LogP contribution in [0.5, 0.6) is 0 Å². The van der Waals surface area contributed by atoms with E-state index in [-0.39, 0.29) is 12.1 Å². The molecule has 0 aromatic heterocycles. The minimum Gasteiger partial charge on any atom is -0.444 e. The summed E-state index contributed by atoms with van der Waals surface area (Å²) in [5.41, 5.74) is 2.50. The van der Waals surface area contributed by atoms with E-state index in [9.17, 15) is 10.1 Å². The lowest BCUT2D eigenvalue weighted by Crippen LogP contribution is -2.36. The Balaban J connectivity index is 1.91. The Labute approximate surface area is 125 Å². The number of carbonyl (C=O) groups excluding carboxylic acids is 1. The minimum atomic E-state index is -0.481. The van der Waals surface area contributed by atoms with Crippen LogP contribution in [0.4, 0.5) is 4.79 Å². The first-order chi connectivity index (χ1) is 9.90. The molecule has 0 radical (unpaired) electrons. The molecule has 1 amide bonds. The molecule has 1 aliphatic carbocycles. The summed E-state index contributed by atoms with van der Waals surface area (Å²) in [6.07, 6.45) is 1.62. The summed E-state index contributed by atoms with van der Waals surface area (Å²) in [5, 5.41) is 9.24. The smallest absolute Gasteiger partial charge is 0.410 e. The summed E-state index contributed by atoms with van der Waals surface area (Å²) in [4.78, 5) is 14.2. The highest BCUT2D eigenvalue weighted by Crippen LogP contribution is 2.47. The molecule has 1 heterocycles. The number of likely N-dealkylation sites (tertiary alicyclic amines) is 1. The lowest BCUT2D eigenvalue weighted by Gasteiger charge is -2.28. The van der Waals surface area contributed by atoms with Gasteiger partial charge in [0.15, 0.2) is 0 Å². The van der Waals surface area contributed by atoms with E-state index >= 15 is 0 Å². The number of carbonyl (C=O) groups is 1. The van der Waals surface area contributed by atoms with Crippen LogP contribution in [0, 0.1) is 17.2 Å². The second-order valence-corrected chi connectivity index (χ2v) is 6.86. The van der Waals surface area contributed by atoms with Crippen LogP contribution >= 0.6 is 0 Å². The van der Waals surface area contributed by atoms with E-state index in [0.29, 0.717) is 5.92 Å². The number of rotatable bonds is 0. The zero-order valence-electron chi connectivity index (χ0n) is 12.7. The summed E-state index contributed by atoms with van der Waals surface area (Å²) in [5.74, 6) is 0.419. The Kier molecular flexibility index (Phi) is 3.16. The SMILES string of the molecule is CC(C)(C)OC(=O)N1CCC2Cc3c(C#N)cccc3C21. The standard InChI is InChI=1S/C17H20N2O2/c1-17(2,3)21-16(20)19-8-7-11-9-14-12(10-18)5-4-6-13(14)15(11)19/h4-6,11,15H,7-9H2,1-3H3.